The van der Waals surface area contributed by atoms with Crippen LogP contribution in [0, 0.1) is 0 Å². The molecule has 4 aromatic carbocycles. The van der Waals surface area contributed by atoms with Crippen molar-refractivity contribution in [1.82, 2.24) is 0 Å². The van der Waals surface area contributed by atoms with E-state index in [1.54, 1.807) is 11.1 Å². The third kappa shape index (κ3) is 2.77. The Morgan fingerprint density at radius 3 is 2.23 bits per heavy atom. The Bertz CT molecular complexity index is 1510. The summed E-state index contributed by atoms with van der Waals surface area (Å²) >= 11 is 0. The Morgan fingerprint density at radius 2 is 1.51 bits per heavy atom. The molecule has 0 fully saturated rings. The molecule has 7 rings (SSSR count). The molecule has 172 valence electrons. The molecule has 0 spiro atoms. The lowest BCUT2D eigenvalue weighted by Gasteiger charge is -2.48. The molecule has 0 unspecified atom stereocenters. The van der Waals surface area contributed by atoms with Gasteiger partial charge in [0.15, 0.2) is 0 Å². The van der Waals surface area contributed by atoms with Crippen molar-refractivity contribution < 1.29 is 0 Å². The lowest BCUT2D eigenvalue weighted by molar-refractivity contribution is 0.588. The second-order valence-electron chi connectivity index (χ2n) is 12.2. The fourth-order valence-electron chi connectivity index (χ4n) is 6.79. The molecule has 0 bridgehead atoms. The highest BCUT2D eigenvalue weighted by Gasteiger charge is 2.48. The van der Waals surface area contributed by atoms with Gasteiger partial charge in [-0.2, -0.15) is 0 Å². The third-order valence-electron chi connectivity index (χ3n) is 8.77. The zero-order chi connectivity index (χ0) is 24.1. The van der Waals surface area contributed by atoms with Crippen LogP contribution in [0.5, 0.6) is 0 Å². The largest absolute Gasteiger partial charge is 0.311 e. The first-order valence-electron chi connectivity index (χ1n) is 13.0. The monoisotopic (exact) mass is 453 g/mol. The number of nitrogens with zero attached hydrogens (tertiary/aromatic N) is 1. The van der Waals surface area contributed by atoms with Gasteiger partial charge in [-0.1, -0.05) is 101 Å². The molecule has 1 nitrogen and oxygen atoms in total. The summed E-state index contributed by atoms with van der Waals surface area (Å²) in [5.41, 5.74) is 16.1. The van der Waals surface area contributed by atoms with Gasteiger partial charge in [-0.3, -0.25) is 0 Å². The van der Waals surface area contributed by atoms with Crippen LogP contribution in [-0.2, 0) is 23.7 Å². The van der Waals surface area contributed by atoms with Crippen LogP contribution >= 0.6 is 0 Å². The number of rotatable bonds is 1. The summed E-state index contributed by atoms with van der Waals surface area (Å²) in [6.45, 7) is 12.1. The van der Waals surface area contributed by atoms with Crippen molar-refractivity contribution >= 4 is 40.2 Å². The Balaban J connectivity index is 1.62. The lowest BCUT2D eigenvalue weighted by Crippen LogP contribution is -2.64. The molecular weight excluding hydrogens is 421 g/mol. The number of fused-ring (bicyclic) bond motifs is 6. The maximum atomic E-state index is 2.57. The van der Waals surface area contributed by atoms with Crippen molar-refractivity contribution in [2.75, 3.05) is 4.90 Å². The van der Waals surface area contributed by atoms with E-state index < -0.39 is 0 Å². The molecule has 0 saturated carbocycles. The highest BCUT2D eigenvalue weighted by molar-refractivity contribution is 6.99. The SMILES string of the molecule is CC(C)(C)c1ccc2c(c1)B1c3ccccc3N(c3ccccc3)c3c4c(cc(c31)C2(C)C)CC4. The van der Waals surface area contributed by atoms with Gasteiger partial charge in [-0.15, -0.1) is 0 Å². The number of hydrogen-bond acceptors (Lipinski definition) is 1. The minimum Gasteiger partial charge on any atom is -0.311 e. The first kappa shape index (κ1) is 21.1. The van der Waals surface area contributed by atoms with Crippen LogP contribution < -0.4 is 21.3 Å². The predicted molar refractivity (Wildman–Crippen MR) is 150 cm³/mol. The van der Waals surface area contributed by atoms with E-state index in [1.165, 1.54) is 63.0 Å². The summed E-state index contributed by atoms with van der Waals surface area (Å²) in [5.74, 6) is 0. The van der Waals surface area contributed by atoms with Crippen molar-refractivity contribution in [3.8, 4) is 0 Å². The van der Waals surface area contributed by atoms with E-state index in [0.717, 1.165) is 0 Å². The molecule has 0 amide bonds. The molecule has 0 radical (unpaired) electrons. The maximum absolute atomic E-state index is 2.57. The van der Waals surface area contributed by atoms with E-state index in [9.17, 15) is 0 Å². The van der Waals surface area contributed by atoms with Crippen LogP contribution in [0.2, 0.25) is 0 Å². The third-order valence-corrected chi connectivity index (χ3v) is 8.77. The summed E-state index contributed by atoms with van der Waals surface area (Å²) < 4.78 is 0. The van der Waals surface area contributed by atoms with Crippen LogP contribution in [0.4, 0.5) is 17.1 Å². The fourth-order valence-corrected chi connectivity index (χ4v) is 6.79. The van der Waals surface area contributed by atoms with Gasteiger partial charge in [0.25, 0.3) is 0 Å². The Hall–Kier alpha value is -3.26. The molecule has 2 heterocycles. The van der Waals surface area contributed by atoms with Gasteiger partial charge in [0.2, 0.25) is 6.71 Å². The molecule has 0 N–H and O–H groups in total. The number of anilines is 3. The Labute approximate surface area is 209 Å². The molecule has 35 heavy (non-hydrogen) atoms. The van der Waals surface area contributed by atoms with Crippen LogP contribution in [-0.4, -0.2) is 6.71 Å². The first-order valence-corrected chi connectivity index (χ1v) is 13.0. The van der Waals surface area contributed by atoms with Crippen molar-refractivity contribution in [3.05, 3.63) is 107 Å². The lowest BCUT2D eigenvalue weighted by atomic mass is 9.29. The van der Waals surface area contributed by atoms with Gasteiger partial charge in [-0.25, -0.2) is 0 Å². The van der Waals surface area contributed by atoms with E-state index in [2.05, 4.69) is 118 Å². The molecular formula is C33H32BN. The summed E-state index contributed by atoms with van der Waals surface area (Å²) in [5, 5.41) is 0. The average Bonchev–Trinajstić information content (AvgIpc) is 2.82. The van der Waals surface area contributed by atoms with Crippen molar-refractivity contribution in [2.24, 2.45) is 0 Å². The van der Waals surface area contributed by atoms with Gasteiger partial charge in [-0.05, 0) is 75.2 Å². The predicted octanol–water partition coefficient (Wildman–Crippen LogP) is 6.02. The van der Waals surface area contributed by atoms with Gasteiger partial charge in [0.05, 0.1) is 0 Å². The molecule has 0 aromatic heterocycles. The summed E-state index contributed by atoms with van der Waals surface area (Å²) in [6.07, 6.45) is 2.36. The molecule has 2 aliphatic heterocycles. The van der Waals surface area contributed by atoms with Crippen molar-refractivity contribution in [1.29, 1.82) is 0 Å². The van der Waals surface area contributed by atoms with Gasteiger partial charge in [0, 0.05) is 22.5 Å². The van der Waals surface area contributed by atoms with Crippen molar-refractivity contribution in [2.45, 2.75) is 58.3 Å². The normalized spacial score (nSPS) is 16.6. The smallest absolute Gasteiger partial charge is 0.247 e. The zero-order valence-corrected chi connectivity index (χ0v) is 21.4. The number of para-hydroxylation sites is 2. The van der Waals surface area contributed by atoms with E-state index in [4.69, 9.17) is 0 Å². The molecule has 1 aliphatic carbocycles. The van der Waals surface area contributed by atoms with Crippen LogP contribution in [0.15, 0.2) is 78.9 Å². The molecule has 2 heteroatoms. The maximum Gasteiger partial charge on any atom is 0.247 e. The quantitative estimate of drug-likeness (QED) is 0.281. The molecule has 4 aromatic rings. The Kier molecular flexibility index (Phi) is 4.16. The first-order chi connectivity index (χ1) is 16.8. The van der Waals surface area contributed by atoms with Crippen LogP contribution in [0.3, 0.4) is 0 Å². The molecule has 0 atom stereocenters. The van der Waals surface area contributed by atoms with Gasteiger partial charge in [0.1, 0.15) is 0 Å². The summed E-state index contributed by atoms with van der Waals surface area (Å²) in [7, 11) is 0. The second-order valence-corrected chi connectivity index (χ2v) is 12.2. The second kappa shape index (κ2) is 6.91. The van der Waals surface area contributed by atoms with Crippen molar-refractivity contribution in [3.63, 3.8) is 0 Å². The molecule has 3 aliphatic rings. The van der Waals surface area contributed by atoms with Gasteiger partial charge >= 0.3 is 0 Å². The van der Waals surface area contributed by atoms with Crippen LogP contribution in [0.1, 0.15) is 62.4 Å². The zero-order valence-electron chi connectivity index (χ0n) is 21.4. The minimum atomic E-state index is -0.0361. The highest BCUT2D eigenvalue weighted by atomic mass is 15.2. The average molecular weight is 453 g/mol. The molecule has 0 saturated heterocycles. The fraction of sp³-hybridized carbons (Fsp3) is 0.273. The van der Waals surface area contributed by atoms with Gasteiger partial charge < -0.3 is 4.90 Å². The van der Waals surface area contributed by atoms with Crippen LogP contribution in [0.25, 0.3) is 0 Å². The minimum absolute atomic E-state index is 0.0361. The summed E-state index contributed by atoms with van der Waals surface area (Å²) in [4.78, 5) is 2.57. The number of hydrogen-bond donors (Lipinski definition) is 0. The standard InChI is InChI=1S/C33H32BN/c1-32(2,3)22-16-18-25-28(20-22)34-27-13-9-10-14-29(27)35(23-11-7-6-8-12-23)31-24-17-15-21(24)19-26(30(31)34)33(25,4)5/h6-14,16,18-20H,15,17H2,1-5H3. The van der Waals surface area contributed by atoms with E-state index in [-0.39, 0.29) is 17.5 Å². The van der Waals surface area contributed by atoms with E-state index in [1.807, 2.05) is 0 Å². The van der Waals surface area contributed by atoms with E-state index >= 15 is 0 Å². The van der Waals surface area contributed by atoms with E-state index in [0.29, 0.717) is 0 Å². The highest BCUT2D eigenvalue weighted by Crippen LogP contribution is 2.47. The topological polar surface area (TPSA) is 3.24 Å². The number of aryl methyl sites for hydroxylation is 1. The summed E-state index contributed by atoms with van der Waals surface area (Å²) in [6, 6.07) is 30.0. The Morgan fingerprint density at radius 1 is 0.771 bits per heavy atom. The number of benzene rings is 4.